The summed E-state index contributed by atoms with van der Waals surface area (Å²) in [6.45, 7) is 0. The number of hydrogen-bond acceptors (Lipinski definition) is 4. The Labute approximate surface area is 132 Å². The summed E-state index contributed by atoms with van der Waals surface area (Å²) in [5.41, 5.74) is 0. The van der Waals surface area contributed by atoms with E-state index >= 15 is 0 Å². The molecule has 2 aromatic heterocycles. The van der Waals surface area contributed by atoms with Gasteiger partial charge in [0.15, 0.2) is 6.04 Å². The maximum absolute atomic E-state index is 13.1. The van der Waals surface area contributed by atoms with Crippen molar-refractivity contribution >= 4 is 27.8 Å². The number of carbonyl (C=O) groups excluding carboxylic acids is 1. The van der Waals surface area contributed by atoms with Crippen LogP contribution in [-0.4, -0.2) is 38.9 Å². The first kappa shape index (κ1) is 16.4. The molecule has 0 fully saturated rings. The van der Waals surface area contributed by atoms with Crippen molar-refractivity contribution in [2.75, 3.05) is 11.9 Å². The van der Waals surface area contributed by atoms with Crippen LogP contribution in [0.15, 0.2) is 35.3 Å². The van der Waals surface area contributed by atoms with Gasteiger partial charge in [-0.3, -0.25) is 14.4 Å². The first-order valence-electron chi connectivity index (χ1n) is 6.09. The van der Waals surface area contributed by atoms with Gasteiger partial charge in [-0.25, -0.2) is 9.97 Å². The Balaban J connectivity index is 2.16. The van der Waals surface area contributed by atoms with Crippen molar-refractivity contribution in [2.24, 2.45) is 0 Å². The van der Waals surface area contributed by atoms with Gasteiger partial charge in [-0.1, -0.05) is 0 Å². The average molecular weight is 378 g/mol. The van der Waals surface area contributed by atoms with E-state index in [1.807, 2.05) is 0 Å². The number of halogens is 4. The fourth-order valence-electron chi connectivity index (χ4n) is 1.72. The molecule has 0 aliphatic rings. The number of anilines is 1. The molecule has 2 heterocycles. The van der Waals surface area contributed by atoms with Crippen molar-refractivity contribution in [1.29, 1.82) is 0 Å². The van der Waals surface area contributed by atoms with Crippen LogP contribution in [-0.2, 0) is 4.79 Å². The molecule has 0 saturated carbocycles. The summed E-state index contributed by atoms with van der Waals surface area (Å²) in [5, 5.41) is 3.57. The topological polar surface area (TPSA) is 63.9 Å². The Hall–Kier alpha value is -1.97. The van der Waals surface area contributed by atoms with Crippen LogP contribution in [0.25, 0.3) is 0 Å². The van der Waals surface area contributed by atoms with E-state index in [4.69, 9.17) is 0 Å². The van der Waals surface area contributed by atoms with E-state index in [0.29, 0.717) is 9.15 Å². The molecule has 118 valence electrons. The van der Waals surface area contributed by atoms with Gasteiger partial charge in [-0.15, -0.1) is 0 Å². The minimum absolute atomic E-state index is 0.0228. The Morgan fingerprint density at radius 2 is 2.05 bits per heavy atom. The fourth-order valence-corrected chi connectivity index (χ4v) is 1.92. The molecule has 0 unspecified atom stereocenters. The van der Waals surface area contributed by atoms with Crippen LogP contribution in [0.5, 0.6) is 0 Å². The third-order valence-electron chi connectivity index (χ3n) is 2.87. The summed E-state index contributed by atoms with van der Waals surface area (Å²) < 4.78 is 40.6. The van der Waals surface area contributed by atoms with E-state index in [2.05, 4.69) is 31.0 Å². The lowest BCUT2D eigenvalue weighted by Gasteiger charge is -2.22. The zero-order chi connectivity index (χ0) is 16.3. The van der Waals surface area contributed by atoms with E-state index < -0.39 is 24.5 Å². The molecule has 2 aromatic rings. The van der Waals surface area contributed by atoms with Crippen molar-refractivity contribution in [2.45, 2.75) is 18.6 Å². The predicted molar refractivity (Wildman–Crippen MR) is 75.1 cm³/mol. The lowest BCUT2D eigenvalue weighted by Crippen LogP contribution is -2.35. The Morgan fingerprint density at radius 1 is 1.41 bits per heavy atom. The van der Waals surface area contributed by atoms with Crippen LogP contribution in [0.1, 0.15) is 12.5 Å². The second-order valence-corrected chi connectivity index (χ2v) is 5.32. The van der Waals surface area contributed by atoms with Gasteiger partial charge < -0.3 is 0 Å². The van der Waals surface area contributed by atoms with Crippen molar-refractivity contribution in [3.05, 3.63) is 35.3 Å². The van der Waals surface area contributed by atoms with E-state index in [1.54, 1.807) is 0 Å². The highest BCUT2D eigenvalue weighted by molar-refractivity contribution is 9.10. The van der Waals surface area contributed by atoms with Crippen LogP contribution in [0.4, 0.5) is 19.1 Å². The van der Waals surface area contributed by atoms with E-state index in [-0.39, 0.29) is 5.95 Å². The van der Waals surface area contributed by atoms with E-state index in [9.17, 15) is 18.0 Å². The normalized spacial score (nSPS) is 13.0. The molecular formula is C12H11BrF3N5O. The van der Waals surface area contributed by atoms with E-state index in [0.717, 1.165) is 4.90 Å². The number of alkyl halides is 3. The lowest BCUT2D eigenvalue weighted by atomic mass is 10.2. The molecule has 22 heavy (non-hydrogen) atoms. The smallest absolute Gasteiger partial charge is 0.284 e. The third kappa shape index (κ3) is 3.81. The quantitative estimate of drug-likeness (QED) is 0.821. The number of aromatic nitrogens is 4. The summed E-state index contributed by atoms with van der Waals surface area (Å²) >= 11 is 3.14. The van der Waals surface area contributed by atoms with Gasteiger partial charge in [0.2, 0.25) is 11.9 Å². The second kappa shape index (κ2) is 6.42. The largest absolute Gasteiger partial charge is 0.411 e. The van der Waals surface area contributed by atoms with Gasteiger partial charge in [0, 0.05) is 31.8 Å². The van der Waals surface area contributed by atoms with Gasteiger partial charge in [-0.05, 0) is 22.0 Å². The molecule has 0 spiro atoms. The second-order valence-electron chi connectivity index (χ2n) is 4.40. The van der Waals surface area contributed by atoms with E-state index in [1.165, 1.54) is 37.9 Å². The van der Waals surface area contributed by atoms with Crippen LogP contribution < -0.4 is 4.90 Å². The van der Waals surface area contributed by atoms with Gasteiger partial charge in [0.25, 0.3) is 0 Å². The summed E-state index contributed by atoms with van der Waals surface area (Å²) in [4.78, 5) is 20.8. The van der Waals surface area contributed by atoms with Crippen LogP contribution >= 0.6 is 15.9 Å². The molecule has 0 aliphatic heterocycles. The summed E-state index contributed by atoms with van der Waals surface area (Å²) in [5.74, 6) is -0.741. The lowest BCUT2D eigenvalue weighted by molar-refractivity contribution is -0.174. The first-order chi connectivity index (χ1) is 10.3. The van der Waals surface area contributed by atoms with Gasteiger partial charge in [-0.2, -0.15) is 18.3 Å². The van der Waals surface area contributed by atoms with Crippen molar-refractivity contribution in [1.82, 2.24) is 19.7 Å². The predicted octanol–water partition coefficient (Wildman–Crippen LogP) is 2.59. The molecule has 0 radical (unpaired) electrons. The van der Waals surface area contributed by atoms with Gasteiger partial charge >= 0.3 is 6.18 Å². The zero-order valence-electron chi connectivity index (χ0n) is 11.3. The summed E-state index contributed by atoms with van der Waals surface area (Å²) in [7, 11) is 1.32. The monoisotopic (exact) mass is 377 g/mol. The number of amides is 1. The molecule has 2 rings (SSSR count). The highest BCUT2D eigenvalue weighted by Crippen LogP contribution is 2.33. The van der Waals surface area contributed by atoms with Crippen LogP contribution in [0, 0.1) is 0 Å². The number of hydrogen-bond donors (Lipinski definition) is 0. The van der Waals surface area contributed by atoms with Crippen LogP contribution in [0.3, 0.4) is 0 Å². The maximum atomic E-state index is 13.1. The van der Waals surface area contributed by atoms with Crippen molar-refractivity contribution in [3.8, 4) is 0 Å². The molecule has 6 nitrogen and oxygen atoms in total. The number of carbonyl (C=O) groups is 1. The zero-order valence-corrected chi connectivity index (χ0v) is 12.9. The molecule has 10 heteroatoms. The molecular weight excluding hydrogens is 367 g/mol. The molecule has 0 bridgehead atoms. The fraction of sp³-hybridized carbons (Fsp3) is 0.333. The molecule has 0 N–H and O–H groups in total. The highest BCUT2D eigenvalue weighted by atomic mass is 79.9. The molecule has 0 aromatic carbocycles. The number of rotatable bonds is 4. The SMILES string of the molecule is CN(C(=O)C[C@H](n1cccn1)C(F)(F)F)c1ncc(Br)cn1. The Kier molecular flexibility index (Phi) is 4.79. The summed E-state index contributed by atoms with van der Waals surface area (Å²) in [6.07, 6.45) is -0.182. The molecule has 0 saturated heterocycles. The Morgan fingerprint density at radius 3 is 2.55 bits per heavy atom. The minimum Gasteiger partial charge on any atom is -0.284 e. The van der Waals surface area contributed by atoms with Crippen molar-refractivity contribution in [3.63, 3.8) is 0 Å². The van der Waals surface area contributed by atoms with Crippen molar-refractivity contribution < 1.29 is 18.0 Å². The first-order valence-corrected chi connectivity index (χ1v) is 6.88. The molecule has 1 atom stereocenters. The van der Waals surface area contributed by atoms with Crippen LogP contribution in [0.2, 0.25) is 0 Å². The standard InChI is InChI=1S/C12H11BrF3N5O/c1-20(11-17-6-8(13)7-18-11)10(22)5-9(12(14,15)16)21-4-2-3-19-21/h2-4,6-7,9H,5H2,1H3/t9-/m0/s1. The molecule has 1 amide bonds. The van der Waals surface area contributed by atoms with Gasteiger partial charge in [0.1, 0.15) is 0 Å². The Bertz CT molecular complexity index is 629. The highest BCUT2D eigenvalue weighted by Gasteiger charge is 2.43. The third-order valence-corrected chi connectivity index (χ3v) is 3.28. The average Bonchev–Trinajstić information content (AvgIpc) is 2.97. The molecule has 0 aliphatic carbocycles. The van der Waals surface area contributed by atoms with Gasteiger partial charge in [0.05, 0.1) is 10.9 Å². The number of nitrogens with zero attached hydrogens (tertiary/aromatic N) is 5. The summed E-state index contributed by atoms with van der Waals surface area (Å²) in [6, 6.07) is -0.669. The minimum atomic E-state index is -4.59. The maximum Gasteiger partial charge on any atom is 0.411 e.